The molecule has 0 bridgehead atoms. The van der Waals surface area contributed by atoms with E-state index in [0.29, 0.717) is 5.69 Å². The number of benzene rings is 3. The first-order valence-corrected chi connectivity index (χ1v) is 8.59. The molecule has 3 aromatic carbocycles. The zero-order valence-electron chi connectivity index (χ0n) is 15.5. The average molecular weight is 377 g/mol. The highest BCUT2D eigenvalue weighted by atomic mass is 16.5. The van der Waals surface area contributed by atoms with E-state index < -0.39 is 11.9 Å². The van der Waals surface area contributed by atoms with Crippen LogP contribution in [0.15, 0.2) is 60.7 Å². The third-order valence-corrected chi connectivity index (χ3v) is 4.24. The maximum Gasteiger partial charge on any atom is 0.337 e. The van der Waals surface area contributed by atoms with Crippen molar-refractivity contribution in [3.05, 3.63) is 77.4 Å². The summed E-state index contributed by atoms with van der Waals surface area (Å²) in [4.78, 5) is 36.2. The third-order valence-electron chi connectivity index (χ3n) is 4.24. The Morgan fingerprint density at radius 2 is 1.39 bits per heavy atom. The van der Waals surface area contributed by atoms with Gasteiger partial charge >= 0.3 is 11.9 Å². The van der Waals surface area contributed by atoms with E-state index >= 15 is 0 Å². The summed E-state index contributed by atoms with van der Waals surface area (Å²) in [5.41, 5.74) is 1.46. The first-order valence-electron chi connectivity index (χ1n) is 8.59. The predicted molar refractivity (Wildman–Crippen MR) is 105 cm³/mol. The van der Waals surface area contributed by atoms with E-state index in [0.717, 1.165) is 16.3 Å². The lowest BCUT2D eigenvalue weighted by atomic mass is 10.0. The van der Waals surface area contributed by atoms with Gasteiger partial charge in [0.05, 0.1) is 31.8 Å². The first-order chi connectivity index (χ1) is 13.5. The van der Waals surface area contributed by atoms with Crippen molar-refractivity contribution in [1.29, 1.82) is 0 Å². The minimum Gasteiger partial charge on any atom is -0.465 e. The molecule has 0 aromatic heterocycles. The second kappa shape index (κ2) is 8.35. The molecule has 142 valence electrons. The van der Waals surface area contributed by atoms with Gasteiger partial charge < -0.3 is 14.8 Å². The van der Waals surface area contributed by atoms with Crippen molar-refractivity contribution in [3.63, 3.8) is 0 Å². The van der Waals surface area contributed by atoms with Crippen molar-refractivity contribution < 1.29 is 23.9 Å². The Hall–Kier alpha value is -3.67. The fraction of sp³-hybridized carbons (Fsp3) is 0.136. The molecule has 1 amide bonds. The summed E-state index contributed by atoms with van der Waals surface area (Å²) in [5.74, 6) is -1.50. The van der Waals surface area contributed by atoms with Gasteiger partial charge in [0.2, 0.25) is 5.91 Å². The lowest BCUT2D eigenvalue weighted by Gasteiger charge is -2.10. The van der Waals surface area contributed by atoms with Gasteiger partial charge in [0, 0.05) is 5.69 Å². The lowest BCUT2D eigenvalue weighted by molar-refractivity contribution is -0.115. The molecule has 3 rings (SSSR count). The number of carbonyl (C=O) groups excluding carboxylic acids is 3. The molecule has 1 N–H and O–H groups in total. The van der Waals surface area contributed by atoms with Gasteiger partial charge in [0.1, 0.15) is 0 Å². The molecule has 0 fully saturated rings. The number of hydrogen-bond donors (Lipinski definition) is 1. The fourth-order valence-corrected chi connectivity index (χ4v) is 2.91. The first kappa shape index (κ1) is 19.1. The smallest absolute Gasteiger partial charge is 0.337 e. The highest BCUT2D eigenvalue weighted by Gasteiger charge is 2.15. The number of carbonyl (C=O) groups is 3. The van der Waals surface area contributed by atoms with Crippen molar-refractivity contribution in [2.45, 2.75) is 6.42 Å². The number of methoxy groups -OCH3 is 2. The van der Waals surface area contributed by atoms with Gasteiger partial charge in [-0.3, -0.25) is 4.79 Å². The van der Waals surface area contributed by atoms with Crippen LogP contribution < -0.4 is 5.32 Å². The van der Waals surface area contributed by atoms with E-state index in [1.54, 1.807) is 0 Å². The Bertz CT molecular complexity index is 1020. The topological polar surface area (TPSA) is 81.7 Å². The summed E-state index contributed by atoms with van der Waals surface area (Å²) in [6.07, 6.45) is 0.154. The van der Waals surface area contributed by atoms with Crippen LogP contribution in [-0.2, 0) is 20.7 Å². The summed E-state index contributed by atoms with van der Waals surface area (Å²) in [6.45, 7) is 0. The lowest BCUT2D eigenvalue weighted by Crippen LogP contribution is -2.16. The van der Waals surface area contributed by atoms with Crippen LogP contribution in [0.4, 0.5) is 5.69 Å². The normalized spacial score (nSPS) is 10.4. The van der Waals surface area contributed by atoms with Crippen LogP contribution in [0.2, 0.25) is 0 Å². The van der Waals surface area contributed by atoms with Crippen LogP contribution >= 0.6 is 0 Å². The van der Waals surface area contributed by atoms with Gasteiger partial charge in [-0.2, -0.15) is 0 Å². The van der Waals surface area contributed by atoms with E-state index in [-0.39, 0.29) is 23.5 Å². The zero-order valence-corrected chi connectivity index (χ0v) is 15.5. The van der Waals surface area contributed by atoms with E-state index in [9.17, 15) is 14.4 Å². The average Bonchev–Trinajstić information content (AvgIpc) is 2.72. The maximum atomic E-state index is 12.5. The summed E-state index contributed by atoms with van der Waals surface area (Å²) in [7, 11) is 2.48. The molecular formula is C22H19NO5. The minimum absolute atomic E-state index is 0.145. The Labute approximate surface area is 162 Å². The van der Waals surface area contributed by atoms with Crippen LogP contribution in [-0.4, -0.2) is 32.1 Å². The van der Waals surface area contributed by atoms with Crippen LogP contribution in [0.25, 0.3) is 10.8 Å². The van der Waals surface area contributed by atoms with Gasteiger partial charge in [0.25, 0.3) is 0 Å². The number of amides is 1. The molecule has 0 heterocycles. The molecule has 0 aliphatic carbocycles. The van der Waals surface area contributed by atoms with Crippen molar-refractivity contribution in [2.24, 2.45) is 0 Å². The van der Waals surface area contributed by atoms with Crippen LogP contribution in [0.3, 0.4) is 0 Å². The Morgan fingerprint density at radius 3 is 2.00 bits per heavy atom. The predicted octanol–water partition coefficient (Wildman–Crippen LogP) is 3.59. The molecule has 3 aromatic rings. The summed E-state index contributed by atoms with van der Waals surface area (Å²) in [5, 5.41) is 4.87. The largest absolute Gasteiger partial charge is 0.465 e. The summed E-state index contributed by atoms with van der Waals surface area (Å²) in [6, 6.07) is 18.0. The zero-order chi connectivity index (χ0) is 20.1. The van der Waals surface area contributed by atoms with Crippen molar-refractivity contribution >= 4 is 34.3 Å². The van der Waals surface area contributed by atoms with Crippen molar-refractivity contribution in [2.75, 3.05) is 19.5 Å². The number of fused-ring (bicyclic) bond motifs is 1. The summed E-state index contributed by atoms with van der Waals surface area (Å²) < 4.78 is 9.39. The molecule has 0 saturated carbocycles. The van der Waals surface area contributed by atoms with Crippen LogP contribution in [0, 0.1) is 0 Å². The molecule has 0 aliphatic heterocycles. The molecule has 28 heavy (non-hydrogen) atoms. The number of esters is 2. The van der Waals surface area contributed by atoms with Gasteiger partial charge in [-0.25, -0.2) is 9.59 Å². The molecule has 0 aliphatic rings. The standard InChI is InChI=1S/C22H19NO5/c1-27-21(25)17-11-18(22(26)28-2)13-19(12-17)23-20(24)10-14-7-8-15-5-3-4-6-16(15)9-14/h3-9,11-13H,10H2,1-2H3,(H,23,24). The second-order valence-electron chi connectivity index (χ2n) is 6.19. The molecule has 6 nitrogen and oxygen atoms in total. The quantitative estimate of drug-likeness (QED) is 0.687. The summed E-state index contributed by atoms with van der Waals surface area (Å²) >= 11 is 0. The van der Waals surface area contributed by atoms with Crippen LogP contribution in [0.1, 0.15) is 26.3 Å². The number of ether oxygens (including phenoxy) is 2. The number of nitrogens with one attached hydrogen (secondary N) is 1. The monoisotopic (exact) mass is 377 g/mol. The van der Waals surface area contributed by atoms with Gasteiger partial charge in [0.15, 0.2) is 0 Å². The molecule has 6 heteroatoms. The van der Waals surface area contributed by atoms with E-state index in [1.807, 2.05) is 42.5 Å². The maximum absolute atomic E-state index is 12.5. The molecule has 0 saturated heterocycles. The highest BCUT2D eigenvalue weighted by molar-refractivity contribution is 6.00. The number of rotatable bonds is 5. The second-order valence-corrected chi connectivity index (χ2v) is 6.19. The minimum atomic E-state index is -0.615. The van der Waals surface area contributed by atoms with Crippen LogP contribution in [0.5, 0.6) is 0 Å². The van der Waals surface area contributed by atoms with Gasteiger partial charge in [-0.15, -0.1) is 0 Å². The Morgan fingerprint density at radius 1 is 0.786 bits per heavy atom. The fourth-order valence-electron chi connectivity index (χ4n) is 2.91. The van der Waals surface area contributed by atoms with E-state index in [1.165, 1.54) is 32.4 Å². The molecule has 0 radical (unpaired) electrons. The molecule has 0 spiro atoms. The number of anilines is 1. The van der Waals surface area contributed by atoms with Crippen molar-refractivity contribution in [3.8, 4) is 0 Å². The van der Waals surface area contributed by atoms with E-state index in [2.05, 4.69) is 5.32 Å². The third kappa shape index (κ3) is 4.35. The Kier molecular flexibility index (Phi) is 5.69. The SMILES string of the molecule is COC(=O)c1cc(NC(=O)Cc2ccc3ccccc3c2)cc(C(=O)OC)c1. The van der Waals surface area contributed by atoms with Gasteiger partial charge in [-0.1, -0.05) is 42.5 Å². The number of hydrogen-bond acceptors (Lipinski definition) is 5. The molecule has 0 atom stereocenters. The van der Waals surface area contributed by atoms with Gasteiger partial charge in [-0.05, 0) is 34.5 Å². The van der Waals surface area contributed by atoms with E-state index in [4.69, 9.17) is 9.47 Å². The van der Waals surface area contributed by atoms with Crippen molar-refractivity contribution in [1.82, 2.24) is 0 Å². The molecular weight excluding hydrogens is 358 g/mol. The highest BCUT2D eigenvalue weighted by Crippen LogP contribution is 2.19. The Balaban J connectivity index is 1.81. The molecule has 0 unspecified atom stereocenters.